The van der Waals surface area contributed by atoms with Crippen LogP contribution in [0, 0.1) is 5.92 Å². The molecule has 3 N–H and O–H groups in total. The molecule has 0 aliphatic carbocycles. The molecule has 1 aromatic rings. The summed E-state index contributed by atoms with van der Waals surface area (Å²) in [5, 5.41) is 3.25. The molecule has 0 aliphatic heterocycles. The van der Waals surface area contributed by atoms with E-state index in [4.69, 9.17) is 0 Å². The third-order valence-electron chi connectivity index (χ3n) is 3.23. The van der Waals surface area contributed by atoms with Crippen molar-refractivity contribution in [1.29, 1.82) is 0 Å². The van der Waals surface area contributed by atoms with Crippen LogP contribution in [0.3, 0.4) is 0 Å². The maximum absolute atomic E-state index is 12.1. The van der Waals surface area contributed by atoms with Gasteiger partial charge in [0.05, 0.1) is 4.90 Å². The summed E-state index contributed by atoms with van der Waals surface area (Å²) >= 11 is 0. The van der Waals surface area contributed by atoms with Crippen LogP contribution in [0.5, 0.6) is 0 Å². The first-order chi connectivity index (χ1) is 9.81. The van der Waals surface area contributed by atoms with E-state index in [2.05, 4.69) is 42.7 Å². The van der Waals surface area contributed by atoms with Gasteiger partial charge in [-0.1, -0.05) is 40.5 Å². The fraction of sp³-hybridized carbons (Fsp3) is 0.733. The Labute approximate surface area is 129 Å². The summed E-state index contributed by atoms with van der Waals surface area (Å²) < 4.78 is 26.9. The van der Waals surface area contributed by atoms with Gasteiger partial charge in [0, 0.05) is 31.0 Å². The summed E-state index contributed by atoms with van der Waals surface area (Å²) in [6, 6.07) is 2.05. The van der Waals surface area contributed by atoms with Gasteiger partial charge in [-0.05, 0) is 18.4 Å². The zero-order valence-corrected chi connectivity index (χ0v) is 14.4. The van der Waals surface area contributed by atoms with Crippen LogP contribution in [0.2, 0.25) is 0 Å². The Hall–Kier alpha value is -0.850. The van der Waals surface area contributed by atoms with Gasteiger partial charge in [-0.25, -0.2) is 13.1 Å². The first-order valence-electron chi connectivity index (χ1n) is 7.71. The number of aromatic amines is 1. The molecule has 1 aromatic heterocycles. The first kappa shape index (κ1) is 18.2. The second-order valence-corrected chi connectivity index (χ2v) is 7.95. The Kier molecular flexibility index (Phi) is 7.42. The maximum atomic E-state index is 12.1. The Bertz CT molecular complexity index is 507. The lowest BCUT2D eigenvalue weighted by molar-refractivity contribution is 0.530. The molecule has 122 valence electrons. The van der Waals surface area contributed by atoms with Gasteiger partial charge in [-0.2, -0.15) is 0 Å². The minimum absolute atomic E-state index is 0.312. The van der Waals surface area contributed by atoms with E-state index in [1.165, 1.54) is 0 Å². The molecule has 6 heteroatoms. The van der Waals surface area contributed by atoms with Gasteiger partial charge in [-0.3, -0.25) is 0 Å². The summed E-state index contributed by atoms with van der Waals surface area (Å²) in [5.41, 5.74) is 0.879. The predicted molar refractivity (Wildman–Crippen MR) is 86.6 cm³/mol. The van der Waals surface area contributed by atoms with Crippen molar-refractivity contribution in [2.24, 2.45) is 5.92 Å². The van der Waals surface area contributed by atoms with E-state index in [0.717, 1.165) is 25.0 Å². The second-order valence-electron chi connectivity index (χ2n) is 6.18. The van der Waals surface area contributed by atoms with Crippen LogP contribution in [0.25, 0.3) is 0 Å². The molecule has 0 saturated heterocycles. The molecule has 1 rings (SSSR count). The van der Waals surface area contributed by atoms with Crippen LogP contribution in [-0.4, -0.2) is 26.0 Å². The molecule has 0 saturated carbocycles. The van der Waals surface area contributed by atoms with Crippen LogP contribution in [0.1, 0.15) is 52.7 Å². The summed E-state index contributed by atoms with van der Waals surface area (Å²) in [7, 11) is -3.39. The number of hydrogen-bond donors (Lipinski definition) is 3. The Morgan fingerprint density at radius 3 is 2.52 bits per heavy atom. The molecular weight excluding hydrogens is 286 g/mol. The van der Waals surface area contributed by atoms with Crippen molar-refractivity contribution < 1.29 is 8.42 Å². The van der Waals surface area contributed by atoms with Crippen molar-refractivity contribution in [1.82, 2.24) is 15.0 Å². The molecule has 0 aromatic carbocycles. The summed E-state index contributed by atoms with van der Waals surface area (Å²) in [6.07, 6.45) is 4.62. The zero-order chi connectivity index (χ0) is 15.9. The van der Waals surface area contributed by atoms with Gasteiger partial charge < -0.3 is 10.3 Å². The molecule has 0 atom stereocenters. The Morgan fingerprint density at radius 2 is 1.90 bits per heavy atom. The van der Waals surface area contributed by atoms with E-state index >= 15 is 0 Å². The molecule has 1 heterocycles. The second kappa shape index (κ2) is 8.56. The van der Waals surface area contributed by atoms with E-state index in [9.17, 15) is 8.42 Å². The SMILES string of the molecule is CC(C)CCCCNS(=O)(=O)c1c[nH]c(CNC(C)C)c1. The molecule has 0 spiro atoms. The van der Waals surface area contributed by atoms with E-state index < -0.39 is 10.0 Å². The lowest BCUT2D eigenvalue weighted by atomic mass is 10.1. The van der Waals surface area contributed by atoms with Crippen LogP contribution in [-0.2, 0) is 16.6 Å². The lowest BCUT2D eigenvalue weighted by Crippen LogP contribution is -2.24. The monoisotopic (exact) mass is 315 g/mol. The van der Waals surface area contributed by atoms with Gasteiger partial charge >= 0.3 is 0 Å². The highest BCUT2D eigenvalue weighted by molar-refractivity contribution is 7.89. The number of unbranched alkanes of at least 4 members (excludes halogenated alkanes) is 1. The first-order valence-corrected chi connectivity index (χ1v) is 9.20. The molecule has 0 fully saturated rings. The lowest BCUT2D eigenvalue weighted by Gasteiger charge is -2.06. The van der Waals surface area contributed by atoms with Crippen molar-refractivity contribution >= 4 is 10.0 Å². The van der Waals surface area contributed by atoms with Crippen LogP contribution in [0.4, 0.5) is 0 Å². The highest BCUT2D eigenvalue weighted by Gasteiger charge is 2.15. The molecule has 21 heavy (non-hydrogen) atoms. The van der Waals surface area contributed by atoms with Crippen molar-refractivity contribution in [3.05, 3.63) is 18.0 Å². The number of rotatable bonds is 10. The summed E-state index contributed by atoms with van der Waals surface area (Å²) in [6.45, 7) is 9.60. The topological polar surface area (TPSA) is 74.0 Å². The van der Waals surface area contributed by atoms with E-state index in [1.54, 1.807) is 12.3 Å². The van der Waals surface area contributed by atoms with Crippen molar-refractivity contribution in [3.63, 3.8) is 0 Å². The standard InChI is InChI=1S/C15H29N3O2S/c1-12(2)7-5-6-8-18-21(19,20)15-9-14(17-11-15)10-16-13(3)4/h9,11-13,16-18H,5-8,10H2,1-4H3. The molecule has 0 bridgehead atoms. The fourth-order valence-corrected chi connectivity index (χ4v) is 3.05. The normalized spacial score (nSPS) is 12.5. The third-order valence-corrected chi connectivity index (χ3v) is 4.67. The summed E-state index contributed by atoms with van der Waals surface area (Å²) in [5.74, 6) is 0.669. The average molecular weight is 315 g/mol. The highest BCUT2D eigenvalue weighted by Crippen LogP contribution is 2.11. The average Bonchev–Trinajstić information content (AvgIpc) is 2.85. The van der Waals surface area contributed by atoms with Gasteiger partial charge in [-0.15, -0.1) is 0 Å². The van der Waals surface area contributed by atoms with E-state index in [0.29, 0.717) is 29.9 Å². The minimum Gasteiger partial charge on any atom is -0.363 e. The van der Waals surface area contributed by atoms with E-state index in [-0.39, 0.29) is 0 Å². The van der Waals surface area contributed by atoms with Crippen molar-refractivity contribution in [2.45, 2.75) is 64.4 Å². The molecule has 0 amide bonds. The number of sulfonamides is 1. The number of nitrogens with one attached hydrogen (secondary N) is 3. The van der Waals surface area contributed by atoms with Crippen molar-refractivity contribution in [2.75, 3.05) is 6.54 Å². The molecule has 0 radical (unpaired) electrons. The van der Waals surface area contributed by atoms with E-state index in [1.807, 2.05) is 0 Å². The van der Waals surface area contributed by atoms with Gasteiger partial charge in [0.1, 0.15) is 0 Å². The number of hydrogen-bond acceptors (Lipinski definition) is 3. The third kappa shape index (κ3) is 7.11. The maximum Gasteiger partial charge on any atom is 0.242 e. The molecule has 0 unspecified atom stereocenters. The quantitative estimate of drug-likeness (QED) is 0.581. The van der Waals surface area contributed by atoms with Gasteiger partial charge in [0.15, 0.2) is 0 Å². The molecular formula is C15H29N3O2S. The smallest absolute Gasteiger partial charge is 0.242 e. The Morgan fingerprint density at radius 1 is 1.19 bits per heavy atom. The van der Waals surface area contributed by atoms with Crippen LogP contribution >= 0.6 is 0 Å². The predicted octanol–water partition coefficient (Wildman–Crippen LogP) is 2.62. The van der Waals surface area contributed by atoms with Gasteiger partial charge in [0.25, 0.3) is 0 Å². The largest absolute Gasteiger partial charge is 0.363 e. The summed E-state index contributed by atoms with van der Waals surface area (Å²) in [4.78, 5) is 3.31. The number of H-pyrrole nitrogens is 1. The van der Waals surface area contributed by atoms with Gasteiger partial charge in [0.2, 0.25) is 10.0 Å². The fourth-order valence-electron chi connectivity index (χ4n) is 1.96. The zero-order valence-electron chi connectivity index (χ0n) is 13.6. The number of aromatic nitrogens is 1. The molecule has 5 nitrogen and oxygen atoms in total. The van der Waals surface area contributed by atoms with Crippen LogP contribution < -0.4 is 10.0 Å². The Balaban J connectivity index is 2.43. The van der Waals surface area contributed by atoms with Crippen LogP contribution in [0.15, 0.2) is 17.2 Å². The molecule has 0 aliphatic rings. The highest BCUT2D eigenvalue weighted by atomic mass is 32.2. The van der Waals surface area contributed by atoms with Crippen molar-refractivity contribution in [3.8, 4) is 0 Å². The minimum atomic E-state index is -3.39.